The number of nitrogens with one attached hydrogen (secondary N) is 2. The van der Waals surface area contributed by atoms with Crippen LogP contribution >= 0.6 is 12.2 Å². The highest BCUT2D eigenvalue weighted by Crippen LogP contribution is 2.28. The van der Waals surface area contributed by atoms with Gasteiger partial charge in [0.15, 0.2) is 5.11 Å². The van der Waals surface area contributed by atoms with Crippen LogP contribution in [0.15, 0.2) is 6.07 Å². The molecule has 2 aliphatic heterocycles. The molecule has 6 nitrogen and oxygen atoms in total. The van der Waals surface area contributed by atoms with Crippen molar-refractivity contribution in [3.8, 4) is 0 Å². The Hall–Kier alpha value is -1.63. The largest absolute Gasteiger partial charge is 0.360 e. The van der Waals surface area contributed by atoms with Crippen LogP contribution in [0.1, 0.15) is 90.4 Å². The number of anilines is 3. The molecule has 1 saturated carbocycles. The Morgan fingerprint density at radius 2 is 1.45 bits per heavy atom. The van der Waals surface area contributed by atoms with Crippen molar-refractivity contribution in [2.24, 2.45) is 0 Å². The summed E-state index contributed by atoms with van der Waals surface area (Å²) in [5.41, 5.74) is 0. The third-order valence-electron chi connectivity index (χ3n) is 7.14. The first-order chi connectivity index (χ1) is 15.2. The summed E-state index contributed by atoms with van der Waals surface area (Å²) in [5.74, 6) is 2.73. The number of piperidine rings is 1. The highest BCUT2D eigenvalue weighted by Gasteiger charge is 2.23. The summed E-state index contributed by atoms with van der Waals surface area (Å²) in [4.78, 5) is 14.7. The van der Waals surface area contributed by atoms with Gasteiger partial charge in [0.2, 0.25) is 5.95 Å². The fourth-order valence-electron chi connectivity index (χ4n) is 5.27. The van der Waals surface area contributed by atoms with Crippen LogP contribution < -0.4 is 20.4 Å². The summed E-state index contributed by atoms with van der Waals surface area (Å²) < 4.78 is 0. The van der Waals surface area contributed by atoms with Crippen LogP contribution in [0.5, 0.6) is 0 Å². The van der Waals surface area contributed by atoms with Gasteiger partial charge in [0.05, 0.1) is 0 Å². The summed E-state index contributed by atoms with van der Waals surface area (Å²) in [5, 5.41) is 7.55. The number of rotatable bonds is 4. The van der Waals surface area contributed by atoms with E-state index < -0.39 is 0 Å². The molecule has 1 unspecified atom stereocenters. The Kier molecular flexibility index (Phi) is 8.22. The molecule has 1 atom stereocenters. The fourth-order valence-corrected chi connectivity index (χ4v) is 5.53. The van der Waals surface area contributed by atoms with Crippen LogP contribution in [0, 0.1) is 0 Å². The predicted molar refractivity (Wildman–Crippen MR) is 134 cm³/mol. The van der Waals surface area contributed by atoms with Crippen molar-refractivity contribution in [3.05, 3.63) is 6.07 Å². The lowest BCUT2D eigenvalue weighted by Crippen LogP contribution is -2.39. The van der Waals surface area contributed by atoms with Gasteiger partial charge in [-0.2, -0.15) is 9.97 Å². The minimum Gasteiger partial charge on any atom is -0.360 e. The SMILES string of the molecule is CC1CCCCN1c1cc(N2CCCCCC2)nc(NC(=S)NC2CCCCCC2)n1. The smallest absolute Gasteiger partial charge is 0.232 e. The molecule has 1 aliphatic carbocycles. The first-order valence-electron chi connectivity index (χ1n) is 12.7. The topological polar surface area (TPSA) is 56.3 Å². The number of nitrogens with zero attached hydrogens (tertiary/aromatic N) is 4. The maximum atomic E-state index is 5.68. The molecule has 2 N–H and O–H groups in total. The van der Waals surface area contributed by atoms with Crippen molar-refractivity contribution < 1.29 is 0 Å². The van der Waals surface area contributed by atoms with Crippen molar-refractivity contribution in [1.82, 2.24) is 15.3 Å². The third-order valence-corrected chi connectivity index (χ3v) is 7.36. The molecule has 2 saturated heterocycles. The minimum absolute atomic E-state index is 0.470. The van der Waals surface area contributed by atoms with Gasteiger partial charge in [0, 0.05) is 37.8 Å². The molecule has 1 aromatic heterocycles. The molecule has 3 heterocycles. The quantitative estimate of drug-likeness (QED) is 0.486. The molecule has 0 spiro atoms. The summed E-state index contributed by atoms with van der Waals surface area (Å²) in [7, 11) is 0. The molecule has 172 valence electrons. The second kappa shape index (κ2) is 11.3. The molecule has 0 amide bonds. The molecule has 0 bridgehead atoms. The van der Waals surface area contributed by atoms with Gasteiger partial charge < -0.3 is 20.4 Å². The summed E-state index contributed by atoms with van der Waals surface area (Å²) in [6, 6.07) is 3.20. The Morgan fingerprint density at radius 3 is 2.16 bits per heavy atom. The highest BCUT2D eigenvalue weighted by molar-refractivity contribution is 7.80. The van der Waals surface area contributed by atoms with Gasteiger partial charge in [0.25, 0.3) is 0 Å². The lowest BCUT2D eigenvalue weighted by molar-refractivity contribution is 0.481. The van der Waals surface area contributed by atoms with E-state index in [4.69, 9.17) is 22.2 Å². The number of hydrogen-bond acceptors (Lipinski definition) is 5. The standard InChI is InChI=1S/C24H40N6S/c1-19-12-8-11-17-30(19)22-18-21(29-15-9-4-5-10-16-29)26-23(27-22)28-24(31)25-20-13-6-2-3-7-14-20/h18-20H,2-17H2,1H3,(H2,25,26,27,28,31). The zero-order valence-corrected chi connectivity index (χ0v) is 20.1. The van der Waals surface area contributed by atoms with Crippen LogP contribution in [0.2, 0.25) is 0 Å². The molecule has 1 aromatic rings. The minimum atomic E-state index is 0.470. The van der Waals surface area contributed by atoms with Crippen molar-refractivity contribution in [2.45, 2.75) is 102 Å². The fraction of sp³-hybridized carbons (Fsp3) is 0.792. The van der Waals surface area contributed by atoms with E-state index in [1.807, 2.05) is 0 Å². The van der Waals surface area contributed by atoms with Gasteiger partial charge in [-0.05, 0) is 64.1 Å². The molecular formula is C24H40N6S. The average molecular weight is 445 g/mol. The van der Waals surface area contributed by atoms with Crippen LogP contribution in [0.4, 0.5) is 17.6 Å². The molecule has 3 fully saturated rings. The molecule has 0 radical (unpaired) electrons. The number of thiocarbonyl (C=S) groups is 1. The summed E-state index contributed by atoms with van der Waals surface area (Å²) in [6.45, 7) is 5.55. The molecule has 3 aliphatic rings. The van der Waals surface area contributed by atoms with Gasteiger partial charge >= 0.3 is 0 Å². The summed E-state index contributed by atoms with van der Waals surface area (Å²) >= 11 is 5.68. The van der Waals surface area contributed by atoms with Crippen LogP contribution in [0.3, 0.4) is 0 Å². The van der Waals surface area contributed by atoms with E-state index in [-0.39, 0.29) is 0 Å². The monoisotopic (exact) mass is 444 g/mol. The molecule has 0 aromatic carbocycles. The summed E-state index contributed by atoms with van der Waals surface area (Å²) in [6.07, 6.45) is 16.6. The van der Waals surface area contributed by atoms with Crippen molar-refractivity contribution in [3.63, 3.8) is 0 Å². The maximum Gasteiger partial charge on any atom is 0.232 e. The second-order valence-corrected chi connectivity index (χ2v) is 10.0. The van der Waals surface area contributed by atoms with Crippen molar-refractivity contribution in [1.29, 1.82) is 0 Å². The van der Waals surface area contributed by atoms with E-state index in [9.17, 15) is 0 Å². The van der Waals surface area contributed by atoms with Crippen LogP contribution in [-0.4, -0.2) is 46.8 Å². The Labute approximate surface area is 193 Å². The Morgan fingerprint density at radius 1 is 0.839 bits per heavy atom. The number of aromatic nitrogens is 2. The van der Waals surface area contributed by atoms with E-state index in [2.05, 4.69) is 33.4 Å². The first-order valence-corrected chi connectivity index (χ1v) is 13.1. The van der Waals surface area contributed by atoms with Crippen LogP contribution in [0.25, 0.3) is 0 Å². The van der Waals surface area contributed by atoms with Gasteiger partial charge in [-0.3, -0.25) is 0 Å². The van der Waals surface area contributed by atoms with Gasteiger partial charge in [0.1, 0.15) is 11.6 Å². The molecule has 4 rings (SSSR count). The molecule has 7 heteroatoms. The van der Waals surface area contributed by atoms with E-state index >= 15 is 0 Å². The highest BCUT2D eigenvalue weighted by atomic mass is 32.1. The van der Waals surface area contributed by atoms with E-state index in [1.165, 1.54) is 83.5 Å². The zero-order valence-electron chi connectivity index (χ0n) is 19.2. The lowest BCUT2D eigenvalue weighted by Gasteiger charge is -2.35. The predicted octanol–water partition coefficient (Wildman–Crippen LogP) is 5.25. The van der Waals surface area contributed by atoms with E-state index in [0.29, 0.717) is 23.1 Å². The van der Waals surface area contributed by atoms with E-state index in [0.717, 1.165) is 31.3 Å². The molecular weight excluding hydrogens is 404 g/mol. The zero-order chi connectivity index (χ0) is 21.5. The first kappa shape index (κ1) is 22.6. The Balaban J connectivity index is 1.52. The lowest BCUT2D eigenvalue weighted by atomic mass is 10.0. The van der Waals surface area contributed by atoms with Gasteiger partial charge in [-0.15, -0.1) is 0 Å². The maximum absolute atomic E-state index is 5.68. The average Bonchev–Trinajstić information content (AvgIpc) is 3.19. The number of hydrogen-bond donors (Lipinski definition) is 2. The second-order valence-electron chi connectivity index (χ2n) is 9.63. The van der Waals surface area contributed by atoms with Gasteiger partial charge in [-0.1, -0.05) is 38.5 Å². The Bertz CT molecular complexity index is 710. The van der Waals surface area contributed by atoms with E-state index in [1.54, 1.807) is 0 Å². The normalized spacial score (nSPS) is 23.7. The van der Waals surface area contributed by atoms with Crippen molar-refractivity contribution >= 4 is 34.9 Å². The van der Waals surface area contributed by atoms with Gasteiger partial charge in [-0.25, -0.2) is 0 Å². The third kappa shape index (κ3) is 6.43. The molecule has 31 heavy (non-hydrogen) atoms. The van der Waals surface area contributed by atoms with Crippen molar-refractivity contribution in [2.75, 3.05) is 34.8 Å². The van der Waals surface area contributed by atoms with Crippen LogP contribution in [-0.2, 0) is 0 Å².